The molecule has 0 saturated heterocycles. The minimum absolute atomic E-state index is 0.250. The predicted molar refractivity (Wildman–Crippen MR) is 153 cm³/mol. The van der Waals surface area contributed by atoms with E-state index in [1.165, 1.54) is 10.9 Å². The number of halogens is 3. The minimum Gasteiger partial charge on any atom is -0.493 e. The summed E-state index contributed by atoms with van der Waals surface area (Å²) < 4.78 is 19.8. The molecular formula is C27H18Br2ClN3O4. The Kier molecular flexibility index (Phi) is 7.19. The standard InChI is InChI=1S/C27H18Br2ClN3O4/c1-3-10-36-25-21(35-2)13-16(23(28)24(25)29)14-31-33-26(32-19-7-5-4-6-18(19)27(33)34)22-12-15-11-17(30)8-9-20(15)37-22/h3-9,11-14H,1,10H2,2H3. The second-order valence-corrected chi connectivity index (χ2v) is 9.85. The molecule has 0 spiro atoms. The lowest BCUT2D eigenvalue weighted by Crippen LogP contribution is -2.20. The Balaban J connectivity index is 1.69. The highest BCUT2D eigenvalue weighted by Gasteiger charge is 2.19. The lowest BCUT2D eigenvalue weighted by Gasteiger charge is -2.14. The van der Waals surface area contributed by atoms with E-state index in [0.717, 1.165) is 5.39 Å². The van der Waals surface area contributed by atoms with Gasteiger partial charge in [0, 0.05) is 20.4 Å². The molecule has 10 heteroatoms. The Morgan fingerprint density at radius 2 is 1.97 bits per heavy atom. The van der Waals surface area contributed by atoms with E-state index >= 15 is 0 Å². The third kappa shape index (κ3) is 4.82. The zero-order valence-electron chi connectivity index (χ0n) is 19.4. The molecule has 0 amide bonds. The van der Waals surface area contributed by atoms with Crippen molar-refractivity contribution in [2.24, 2.45) is 5.10 Å². The third-order valence-corrected chi connectivity index (χ3v) is 7.86. The van der Waals surface area contributed by atoms with Crippen LogP contribution in [-0.4, -0.2) is 29.6 Å². The molecule has 0 atom stereocenters. The molecule has 5 rings (SSSR count). The van der Waals surface area contributed by atoms with Gasteiger partial charge in [-0.25, -0.2) is 4.98 Å². The fourth-order valence-corrected chi connectivity index (χ4v) is 4.88. The van der Waals surface area contributed by atoms with Crippen LogP contribution in [0.1, 0.15) is 5.56 Å². The summed E-state index contributed by atoms with van der Waals surface area (Å²) in [4.78, 5) is 18.2. The Hall–Kier alpha value is -3.40. The van der Waals surface area contributed by atoms with Crippen LogP contribution in [-0.2, 0) is 0 Å². The number of ether oxygens (including phenoxy) is 2. The normalized spacial score (nSPS) is 11.5. The van der Waals surface area contributed by atoms with Crippen LogP contribution in [0, 0.1) is 0 Å². The van der Waals surface area contributed by atoms with Gasteiger partial charge in [0.2, 0.25) is 5.82 Å². The molecule has 0 fully saturated rings. The number of furan rings is 1. The number of benzene rings is 3. The molecule has 0 saturated carbocycles. The zero-order valence-corrected chi connectivity index (χ0v) is 23.3. The number of aromatic nitrogens is 2. The highest BCUT2D eigenvalue weighted by atomic mass is 79.9. The van der Waals surface area contributed by atoms with E-state index in [0.29, 0.717) is 59.9 Å². The summed E-state index contributed by atoms with van der Waals surface area (Å²) in [5, 5.41) is 6.31. The smallest absolute Gasteiger partial charge is 0.282 e. The number of hydrogen-bond donors (Lipinski definition) is 0. The van der Waals surface area contributed by atoms with Gasteiger partial charge in [-0.3, -0.25) is 4.79 Å². The first-order chi connectivity index (χ1) is 17.9. The van der Waals surface area contributed by atoms with E-state index in [2.05, 4.69) is 43.5 Å². The summed E-state index contributed by atoms with van der Waals surface area (Å²) in [5.41, 5.74) is 1.44. The van der Waals surface area contributed by atoms with Gasteiger partial charge in [-0.15, -0.1) is 0 Å². The van der Waals surface area contributed by atoms with Crippen molar-refractivity contribution in [3.63, 3.8) is 0 Å². The van der Waals surface area contributed by atoms with Crippen LogP contribution in [0.4, 0.5) is 0 Å². The molecule has 0 unspecified atom stereocenters. The van der Waals surface area contributed by atoms with E-state index < -0.39 is 0 Å². The maximum absolute atomic E-state index is 13.5. The van der Waals surface area contributed by atoms with E-state index in [1.54, 1.807) is 61.7 Å². The first-order valence-electron chi connectivity index (χ1n) is 11.0. The quantitative estimate of drug-likeness (QED) is 0.136. The molecule has 0 radical (unpaired) electrons. The molecule has 0 aliphatic heterocycles. The first kappa shape index (κ1) is 25.3. The number of fused-ring (bicyclic) bond motifs is 2. The molecular weight excluding hydrogens is 626 g/mol. The second kappa shape index (κ2) is 10.5. The Morgan fingerprint density at radius 3 is 2.76 bits per heavy atom. The molecule has 186 valence electrons. The van der Waals surface area contributed by atoms with Gasteiger partial charge in [-0.2, -0.15) is 9.78 Å². The summed E-state index contributed by atoms with van der Waals surface area (Å²) in [7, 11) is 1.54. The van der Waals surface area contributed by atoms with E-state index in [-0.39, 0.29) is 11.4 Å². The van der Waals surface area contributed by atoms with E-state index in [1.807, 2.05) is 6.07 Å². The maximum atomic E-state index is 13.5. The molecule has 0 aliphatic rings. The van der Waals surface area contributed by atoms with Crippen molar-refractivity contribution in [3.8, 4) is 23.1 Å². The highest BCUT2D eigenvalue weighted by molar-refractivity contribution is 9.13. The summed E-state index contributed by atoms with van der Waals surface area (Å²) >= 11 is 13.3. The number of nitrogens with zero attached hydrogens (tertiary/aromatic N) is 3. The van der Waals surface area contributed by atoms with Crippen molar-refractivity contribution in [1.82, 2.24) is 9.66 Å². The topological polar surface area (TPSA) is 78.8 Å². The molecule has 3 aromatic carbocycles. The minimum atomic E-state index is -0.344. The van der Waals surface area contributed by atoms with Gasteiger partial charge in [0.15, 0.2) is 17.3 Å². The Bertz CT molecular complexity index is 1760. The van der Waals surface area contributed by atoms with Crippen LogP contribution in [0.15, 0.2) is 90.5 Å². The molecule has 2 aromatic heterocycles. The summed E-state index contributed by atoms with van der Waals surface area (Å²) in [6.45, 7) is 3.98. The van der Waals surface area contributed by atoms with Gasteiger partial charge in [-0.05, 0) is 74.3 Å². The first-order valence-corrected chi connectivity index (χ1v) is 12.9. The number of hydrogen-bond acceptors (Lipinski definition) is 6. The average Bonchev–Trinajstić information content (AvgIpc) is 3.32. The Labute approximate surface area is 233 Å². The third-order valence-electron chi connectivity index (χ3n) is 5.49. The van der Waals surface area contributed by atoms with Crippen LogP contribution in [0.25, 0.3) is 33.5 Å². The van der Waals surface area contributed by atoms with Gasteiger partial charge in [0.1, 0.15) is 12.2 Å². The second-order valence-electron chi connectivity index (χ2n) is 7.83. The number of rotatable bonds is 7. The largest absolute Gasteiger partial charge is 0.493 e. The zero-order chi connectivity index (χ0) is 26.1. The maximum Gasteiger partial charge on any atom is 0.282 e. The van der Waals surface area contributed by atoms with E-state index in [4.69, 9.17) is 30.5 Å². The van der Waals surface area contributed by atoms with Crippen LogP contribution in [0.2, 0.25) is 5.02 Å². The lowest BCUT2D eigenvalue weighted by molar-refractivity contribution is 0.324. The van der Waals surface area contributed by atoms with Crippen LogP contribution in [0.5, 0.6) is 11.5 Å². The Morgan fingerprint density at radius 1 is 1.16 bits per heavy atom. The molecule has 0 N–H and O–H groups in total. The molecule has 0 aliphatic carbocycles. The van der Waals surface area contributed by atoms with E-state index in [9.17, 15) is 4.79 Å². The molecule has 0 bridgehead atoms. The monoisotopic (exact) mass is 641 g/mol. The summed E-state index contributed by atoms with van der Waals surface area (Å²) in [6.07, 6.45) is 3.18. The van der Waals surface area contributed by atoms with Gasteiger partial charge in [0.25, 0.3) is 5.56 Å². The van der Waals surface area contributed by atoms with Gasteiger partial charge < -0.3 is 13.9 Å². The molecule has 5 aromatic rings. The van der Waals surface area contributed by atoms with Crippen molar-refractivity contribution in [3.05, 3.63) is 97.1 Å². The van der Waals surface area contributed by atoms with Crippen molar-refractivity contribution >= 4 is 71.5 Å². The van der Waals surface area contributed by atoms with Crippen molar-refractivity contribution in [2.75, 3.05) is 13.7 Å². The van der Waals surface area contributed by atoms with Crippen LogP contribution >= 0.6 is 43.5 Å². The van der Waals surface area contributed by atoms with Crippen molar-refractivity contribution < 1.29 is 13.9 Å². The molecule has 2 heterocycles. The van der Waals surface area contributed by atoms with Crippen molar-refractivity contribution in [2.45, 2.75) is 0 Å². The van der Waals surface area contributed by atoms with Crippen molar-refractivity contribution in [1.29, 1.82) is 0 Å². The molecule has 7 nitrogen and oxygen atoms in total. The van der Waals surface area contributed by atoms with Gasteiger partial charge >= 0.3 is 0 Å². The summed E-state index contributed by atoms with van der Waals surface area (Å²) in [5.74, 6) is 1.62. The van der Waals surface area contributed by atoms with Crippen LogP contribution < -0.4 is 15.0 Å². The number of methoxy groups -OCH3 is 1. The van der Waals surface area contributed by atoms with Crippen LogP contribution in [0.3, 0.4) is 0 Å². The SMILES string of the molecule is C=CCOc1c(OC)cc(C=Nn2c(-c3cc4cc(Cl)ccc4o3)nc3ccccc3c2=O)c(Br)c1Br. The lowest BCUT2D eigenvalue weighted by atomic mass is 10.2. The summed E-state index contributed by atoms with van der Waals surface area (Å²) in [6, 6.07) is 15.9. The highest BCUT2D eigenvalue weighted by Crippen LogP contribution is 2.42. The average molecular weight is 644 g/mol. The van der Waals surface area contributed by atoms with Gasteiger partial charge in [-0.1, -0.05) is 36.4 Å². The number of para-hydroxylation sites is 1. The fraction of sp³-hybridized carbons (Fsp3) is 0.0741. The predicted octanol–water partition coefficient (Wildman–Crippen LogP) is 7.44. The van der Waals surface area contributed by atoms with Gasteiger partial charge in [0.05, 0.1) is 28.7 Å². The fourth-order valence-electron chi connectivity index (χ4n) is 3.76. The molecule has 37 heavy (non-hydrogen) atoms.